The van der Waals surface area contributed by atoms with Gasteiger partial charge in [0.05, 0.1) is 29.0 Å². The Bertz CT molecular complexity index is 1200. The first-order chi connectivity index (χ1) is 15.8. The number of carbonyl (C=O) groups excluding carboxylic acids is 1. The number of aromatic amines is 1. The van der Waals surface area contributed by atoms with Gasteiger partial charge < -0.3 is 9.72 Å². The van der Waals surface area contributed by atoms with Crippen LogP contribution in [-0.2, 0) is 26.0 Å². The molecule has 0 spiro atoms. The summed E-state index contributed by atoms with van der Waals surface area (Å²) in [4.78, 5) is 24.5. The number of H-pyrrole nitrogens is 1. The Hall–Kier alpha value is -3.04. The molecule has 0 aliphatic rings. The maximum Gasteiger partial charge on any atom is 0.324 e. The van der Waals surface area contributed by atoms with Gasteiger partial charge in [0.25, 0.3) is 0 Å². The van der Waals surface area contributed by atoms with Crippen molar-refractivity contribution in [3.8, 4) is 0 Å². The fourth-order valence-electron chi connectivity index (χ4n) is 3.70. The highest BCUT2D eigenvalue weighted by atomic mass is 32.2. The summed E-state index contributed by atoms with van der Waals surface area (Å²) in [5.41, 5.74) is 3.39. The lowest BCUT2D eigenvalue weighted by Crippen LogP contribution is -2.46. The van der Waals surface area contributed by atoms with E-state index in [9.17, 15) is 13.2 Å². The molecule has 3 aromatic rings. The lowest BCUT2D eigenvalue weighted by atomic mass is 10.0. The fraction of sp³-hybridized carbons (Fsp3) is 0.375. The number of nitrogens with one attached hydrogen (secondary N) is 1. The molecule has 0 aliphatic carbocycles. The molecule has 2 heterocycles. The summed E-state index contributed by atoms with van der Waals surface area (Å²) < 4.78 is 33.4. The molecule has 0 fully saturated rings. The molecule has 1 N–H and O–H groups in total. The Morgan fingerprint density at radius 3 is 2.58 bits per heavy atom. The predicted octanol–water partition coefficient (Wildman–Crippen LogP) is 3.70. The van der Waals surface area contributed by atoms with Crippen LogP contribution in [0.1, 0.15) is 38.4 Å². The van der Waals surface area contributed by atoms with Crippen molar-refractivity contribution in [1.29, 1.82) is 0 Å². The van der Waals surface area contributed by atoms with E-state index in [2.05, 4.69) is 21.5 Å². The van der Waals surface area contributed by atoms with Gasteiger partial charge in [0.2, 0.25) is 10.0 Å². The SMILES string of the molecule is C=CCN([C@@H](CC(C)C)C(=O)OCC)S(=O)(=O)c1ccc(Cc2nccc3[nH]cnc23)cc1. The van der Waals surface area contributed by atoms with Gasteiger partial charge in [0, 0.05) is 19.2 Å². The minimum absolute atomic E-state index is 0.00532. The van der Waals surface area contributed by atoms with Crippen molar-refractivity contribution in [1.82, 2.24) is 19.3 Å². The van der Waals surface area contributed by atoms with Crippen molar-refractivity contribution in [2.75, 3.05) is 13.2 Å². The quantitative estimate of drug-likeness (QED) is 0.338. The third-order valence-corrected chi connectivity index (χ3v) is 7.11. The molecule has 1 atom stereocenters. The molecule has 0 radical (unpaired) electrons. The molecule has 0 saturated carbocycles. The zero-order chi connectivity index (χ0) is 24.0. The predicted molar refractivity (Wildman–Crippen MR) is 127 cm³/mol. The molecular weight excluding hydrogens is 440 g/mol. The minimum atomic E-state index is -3.96. The van der Waals surface area contributed by atoms with Crippen molar-refractivity contribution < 1.29 is 17.9 Å². The zero-order valence-corrected chi connectivity index (χ0v) is 20.0. The first-order valence-electron chi connectivity index (χ1n) is 10.9. The second-order valence-electron chi connectivity index (χ2n) is 8.14. The Morgan fingerprint density at radius 1 is 1.21 bits per heavy atom. The van der Waals surface area contributed by atoms with Gasteiger partial charge >= 0.3 is 5.97 Å². The number of benzene rings is 1. The highest BCUT2D eigenvalue weighted by Crippen LogP contribution is 2.24. The minimum Gasteiger partial charge on any atom is -0.465 e. The highest BCUT2D eigenvalue weighted by molar-refractivity contribution is 7.89. The average Bonchev–Trinajstić information content (AvgIpc) is 3.26. The molecule has 0 bridgehead atoms. The van der Waals surface area contributed by atoms with E-state index in [1.54, 1.807) is 43.7 Å². The largest absolute Gasteiger partial charge is 0.465 e. The summed E-state index contributed by atoms with van der Waals surface area (Å²) in [6.45, 7) is 9.45. The number of esters is 1. The lowest BCUT2D eigenvalue weighted by molar-refractivity contribution is -0.148. The maximum absolute atomic E-state index is 13.5. The summed E-state index contributed by atoms with van der Waals surface area (Å²) in [6.07, 6.45) is 5.68. The standard InChI is InChI=1S/C24H30N4O4S/c1-5-13-28(22(14-17(3)4)24(29)32-6-2)33(30,31)19-9-7-18(8-10-19)15-21-23-20(11-12-25-21)26-16-27-23/h5,7-12,16-17,22H,1,6,13-15H2,2-4H3,(H,26,27)/t22-/m0/s1. The van der Waals surface area contributed by atoms with Gasteiger partial charge in [-0.3, -0.25) is 9.78 Å². The Balaban J connectivity index is 1.89. The van der Waals surface area contributed by atoms with E-state index >= 15 is 0 Å². The first-order valence-corrected chi connectivity index (χ1v) is 12.4. The summed E-state index contributed by atoms with van der Waals surface area (Å²) in [5, 5.41) is 0. The van der Waals surface area contributed by atoms with Crippen LogP contribution in [0, 0.1) is 5.92 Å². The molecule has 0 unspecified atom stereocenters. The van der Waals surface area contributed by atoms with E-state index in [-0.39, 0.29) is 24.0 Å². The number of carbonyl (C=O) groups is 1. The molecule has 1 aromatic carbocycles. The highest BCUT2D eigenvalue weighted by Gasteiger charge is 2.36. The van der Waals surface area contributed by atoms with Crippen molar-refractivity contribution in [3.05, 3.63) is 66.8 Å². The molecule has 8 nitrogen and oxygen atoms in total. The molecule has 0 amide bonds. The van der Waals surface area contributed by atoms with Gasteiger partial charge in [-0.2, -0.15) is 4.31 Å². The second kappa shape index (κ2) is 10.7. The van der Waals surface area contributed by atoms with Crippen molar-refractivity contribution in [2.24, 2.45) is 5.92 Å². The van der Waals surface area contributed by atoms with Crippen molar-refractivity contribution in [2.45, 2.75) is 44.6 Å². The van der Waals surface area contributed by atoms with Crippen LogP contribution in [0.3, 0.4) is 0 Å². The Morgan fingerprint density at radius 2 is 1.94 bits per heavy atom. The molecule has 2 aromatic heterocycles. The fourth-order valence-corrected chi connectivity index (χ4v) is 5.26. The van der Waals surface area contributed by atoms with Crippen LogP contribution >= 0.6 is 0 Å². The molecular formula is C24H30N4O4S. The molecule has 0 aliphatic heterocycles. The van der Waals surface area contributed by atoms with E-state index in [1.165, 1.54) is 10.4 Å². The number of nitrogens with zero attached hydrogens (tertiary/aromatic N) is 3. The van der Waals surface area contributed by atoms with Gasteiger partial charge in [-0.15, -0.1) is 6.58 Å². The number of rotatable bonds is 11. The number of aromatic nitrogens is 3. The average molecular weight is 471 g/mol. The van der Waals surface area contributed by atoms with Crippen LogP contribution in [0.4, 0.5) is 0 Å². The number of sulfonamides is 1. The van der Waals surface area contributed by atoms with Crippen molar-refractivity contribution >= 4 is 27.0 Å². The van der Waals surface area contributed by atoms with Gasteiger partial charge in [-0.25, -0.2) is 13.4 Å². The normalized spacial score (nSPS) is 12.9. The van der Waals surface area contributed by atoms with E-state index in [1.807, 2.05) is 19.9 Å². The van der Waals surface area contributed by atoms with Crippen LogP contribution in [0.2, 0.25) is 0 Å². The van der Waals surface area contributed by atoms with Crippen LogP contribution in [0.25, 0.3) is 11.0 Å². The van der Waals surface area contributed by atoms with Gasteiger partial charge in [-0.1, -0.05) is 32.1 Å². The van der Waals surface area contributed by atoms with Gasteiger partial charge in [-0.05, 0) is 43.0 Å². The maximum atomic E-state index is 13.5. The summed E-state index contributed by atoms with van der Waals surface area (Å²) in [6, 6.07) is 7.56. The lowest BCUT2D eigenvalue weighted by Gasteiger charge is -2.29. The van der Waals surface area contributed by atoms with E-state index < -0.39 is 22.0 Å². The number of imidazole rings is 1. The van der Waals surface area contributed by atoms with Gasteiger partial charge in [0.15, 0.2) is 0 Å². The summed E-state index contributed by atoms with van der Waals surface area (Å²) in [7, 11) is -3.96. The van der Waals surface area contributed by atoms with Crippen LogP contribution < -0.4 is 0 Å². The third-order valence-electron chi connectivity index (χ3n) is 5.23. The molecule has 9 heteroatoms. The van der Waals surface area contributed by atoms with Gasteiger partial charge in [0.1, 0.15) is 11.6 Å². The molecule has 33 heavy (non-hydrogen) atoms. The number of hydrogen-bond acceptors (Lipinski definition) is 6. The number of fused-ring (bicyclic) bond motifs is 1. The zero-order valence-electron chi connectivity index (χ0n) is 19.2. The summed E-state index contributed by atoms with van der Waals surface area (Å²) >= 11 is 0. The molecule has 176 valence electrons. The Labute approximate surface area is 194 Å². The second-order valence-corrected chi connectivity index (χ2v) is 10.0. The monoisotopic (exact) mass is 470 g/mol. The van der Waals surface area contributed by atoms with Crippen LogP contribution in [-0.4, -0.2) is 52.8 Å². The first kappa shape index (κ1) is 24.6. The third kappa shape index (κ3) is 5.66. The summed E-state index contributed by atoms with van der Waals surface area (Å²) in [5.74, 6) is -0.451. The molecule has 0 saturated heterocycles. The number of ether oxygens (including phenoxy) is 1. The molecule has 3 rings (SSSR count). The topological polar surface area (TPSA) is 105 Å². The number of hydrogen-bond donors (Lipinski definition) is 1. The van der Waals surface area contributed by atoms with Crippen molar-refractivity contribution in [3.63, 3.8) is 0 Å². The number of pyridine rings is 1. The Kier molecular flexibility index (Phi) is 7.99. The van der Waals surface area contributed by atoms with Crippen LogP contribution in [0.15, 0.2) is 60.4 Å². The van der Waals surface area contributed by atoms with E-state index in [4.69, 9.17) is 4.74 Å². The van der Waals surface area contributed by atoms with E-state index in [0.29, 0.717) is 12.8 Å². The van der Waals surface area contributed by atoms with Crippen LogP contribution in [0.5, 0.6) is 0 Å². The smallest absolute Gasteiger partial charge is 0.324 e. The van der Waals surface area contributed by atoms with E-state index in [0.717, 1.165) is 22.3 Å².